The van der Waals surface area contributed by atoms with Gasteiger partial charge in [-0.1, -0.05) is 17.7 Å². The summed E-state index contributed by atoms with van der Waals surface area (Å²) in [6.45, 7) is 1.71. The van der Waals surface area contributed by atoms with Gasteiger partial charge < -0.3 is 0 Å². The molecule has 0 heterocycles. The van der Waals surface area contributed by atoms with Gasteiger partial charge in [-0.25, -0.2) is 18.7 Å². The van der Waals surface area contributed by atoms with Crippen LogP contribution in [0.25, 0.3) is 0 Å². The molecule has 0 aliphatic rings. The lowest BCUT2D eigenvalue weighted by Crippen LogP contribution is -2.36. The fraction of sp³-hybridized carbons (Fsp3) is 0.250. The first kappa shape index (κ1) is 11.3. The van der Waals surface area contributed by atoms with Gasteiger partial charge in [0, 0.05) is 5.02 Å². The van der Waals surface area contributed by atoms with Crippen LogP contribution in [0.15, 0.2) is 18.2 Å². The first-order valence-corrected chi connectivity index (χ1v) is 6.07. The number of hydrogen-bond donors (Lipinski definition) is 1. The zero-order valence-electron chi connectivity index (χ0n) is 7.86. The van der Waals surface area contributed by atoms with Crippen molar-refractivity contribution in [3.05, 3.63) is 28.8 Å². The van der Waals surface area contributed by atoms with Crippen LogP contribution >= 0.6 is 11.6 Å². The van der Waals surface area contributed by atoms with Crippen LogP contribution in [0, 0.1) is 6.92 Å². The van der Waals surface area contributed by atoms with Gasteiger partial charge in [0.2, 0.25) is 10.0 Å². The maximum Gasteiger partial charge on any atom is 0.245 e. The number of hydrogen-bond acceptors (Lipinski definition) is 3. The van der Waals surface area contributed by atoms with Gasteiger partial charge in [-0.2, -0.15) is 0 Å². The molecule has 1 rings (SSSR count). The summed E-state index contributed by atoms with van der Waals surface area (Å²) in [4.78, 5) is 0. The van der Waals surface area contributed by atoms with Crippen LogP contribution in [0.5, 0.6) is 0 Å². The lowest BCUT2D eigenvalue weighted by molar-refractivity contribution is 0.598. The van der Waals surface area contributed by atoms with E-state index in [0.717, 1.165) is 6.26 Å². The van der Waals surface area contributed by atoms with E-state index in [1.54, 1.807) is 25.1 Å². The van der Waals surface area contributed by atoms with Crippen molar-refractivity contribution in [2.24, 2.45) is 5.84 Å². The van der Waals surface area contributed by atoms with Crippen LogP contribution < -0.4 is 10.3 Å². The van der Waals surface area contributed by atoms with Crippen LogP contribution in [-0.4, -0.2) is 14.7 Å². The van der Waals surface area contributed by atoms with E-state index in [9.17, 15) is 8.42 Å². The molecular formula is C8H11ClN2O2S. The summed E-state index contributed by atoms with van der Waals surface area (Å²) in [6.07, 6.45) is 1.04. The van der Waals surface area contributed by atoms with Crippen molar-refractivity contribution in [2.75, 3.05) is 10.7 Å². The standard InChI is InChI=1S/C8H11ClN2O2S/c1-6-7(9)4-3-5-8(6)11(10)14(2,12)13/h3-5H,10H2,1-2H3. The number of nitrogens with zero attached hydrogens (tertiary/aromatic N) is 1. The Hall–Kier alpha value is -0.780. The lowest BCUT2D eigenvalue weighted by atomic mass is 10.2. The summed E-state index contributed by atoms with van der Waals surface area (Å²) < 4.78 is 23.0. The molecule has 1 aromatic rings. The molecule has 78 valence electrons. The van der Waals surface area contributed by atoms with Crippen molar-refractivity contribution in [3.63, 3.8) is 0 Å². The maximum atomic E-state index is 11.2. The molecule has 0 spiro atoms. The molecule has 14 heavy (non-hydrogen) atoms. The zero-order valence-corrected chi connectivity index (χ0v) is 9.43. The number of hydrazine groups is 1. The fourth-order valence-electron chi connectivity index (χ4n) is 1.01. The normalized spacial score (nSPS) is 11.4. The molecule has 0 aromatic heterocycles. The van der Waals surface area contributed by atoms with Crippen LogP contribution in [0.1, 0.15) is 5.56 Å². The maximum absolute atomic E-state index is 11.2. The third-order valence-corrected chi connectivity index (χ3v) is 3.15. The molecule has 0 bridgehead atoms. The van der Waals surface area contributed by atoms with Gasteiger partial charge in [0.15, 0.2) is 0 Å². The number of halogens is 1. The number of anilines is 1. The van der Waals surface area contributed by atoms with Crippen molar-refractivity contribution >= 4 is 27.3 Å². The fourth-order valence-corrected chi connectivity index (χ4v) is 1.74. The first-order chi connectivity index (χ1) is 6.34. The minimum Gasteiger partial charge on any atom is -0.233 e. The average Bonchev–Trinajstić information content (AvgIpc) is 2.07. The van der Waals surface area contributed by atoms with E-state index in [1.165, 1.54) is 0 Å². The molecule has 2 N–H and O–H groups in total. The monoisotopic (exact) mass is 234 g/mol. The molecule has 0 saturated carbocycles. The largest absolute Gasteiger partial charge is 0.245 e. The molecule has 0 radical (unpaired) electrons. The van der Waals surface area contributed by atoms with Crippen LogP contribution in [0.2, 0.25) is 5.02 Å². The highest BCUT2D eigenvalue weighted by molar-refractivity contribution is 7.92. The molecule has 0 aliphatic heterocycles. The van der Waals surface area contributed by atoms with Crippen molar-refractivity contribution < 1.29 is 8.42 Å². The third kappa shape index (κ3) is 2.17. The first-order valence-electron chi connectivity index (χ1n) is 3.84. The van der Waals surface area contributed by atoms with Crippen molar-refractivity contribution in [1.82, 2.24) is 0 Å². The van der Waals surface area contributed by atoms with Crippen molar-refractivity contribution in [3.8, 4) is 0 Å². The SMILES string of the molecule is Cc1c(Cl)cccc1N(N)S(C)(=O)=O. The second kappa shape index (κ2) is 3.76. The summed E-state index contributed by atoms with van der Waals surface area (Å²) in [5.74, 6) is 5.43. The van der Waals surface area contributed by atoms with E-state index in [1.807, 2.05) is 0 Å². The van der Waals surface area contributed by atoms with Gasteiger partial charge in [0.1, 0.15) is 0 Å². The molecular weight excluding hydrogens is 224 g/mol. The van der Waals surface area contributed by atoms with E-state index in [0.29, 0.717) is 20.7 Å². The molecule has 0 fully saturated rings. The van der Waals surface area contributed by atoms with Gasteiger partial charge in [-0.3, -0.25) is 0 Å². The number of rotatable bonds is 2. The van der Waals surface area contributed by atoms with Crippen LogP contribution in [0.3, 0.4) is 0 Å². The van der Waals surface area contributed by atoms with Crippen LogP contribution in [-0.2, 0) is 10.0 Å². The van der Waals surface area contributed by atoms with Gasteiger partial charge in [0.25, 0.3) is 0 Å². The minimum absolute atomic E-state index is 0.389. The molecule has 0 aliphatic carbocycles. The molecule has 1 aromatic carbocycles. The van der Waals surface area contributed by atoms with E-state index < -0.39 is 10.0 Å². The van der Waals surface area contributed by atoms with Gasteiger partial charge >= 0.3 is 0 Å². The summed E-state index contributed by atoms with van der Waals surface area (Å²) in [5, 5.41) is 0.488. The van der Waals surface area contributed by atoms with Gasteiger partial charge in [-0.15, -0.1) is 0 Å². The lowest BCUT2D eigenvalue weighted by Gasteiger charge is -2.18. The highest BCUT2D eigenvalue weighted by atomic mass is 35.5. The number of nitrogens with two attached hydrogens (primary N) is 1. The van der Waals surface area contributed by atoms with Crippen molar-refractivity contribution in [2.45, 2.75) is 6.92 Å². The third-order valence-electron chi connectivity index (χ3n) is 1.83. The summed E-state index contributed by atoms with van der Waals surface area (Å²) in [6, 6.07) is 4.93. The Morgan fingerprint density at radius 1 is 1.43 bits per heavy atom. The molecule has 4 nitrogen and oxygen atoms in total. The van der Waals surface area contributed by atoms with E-state index in [2.05, 4.69) is 0 Å². The molecule has 0 atom stereocenters. The molecule has 0 unspecified atom stereocenters. The van der Waals surface area contributed by atoms with E-state index in [4.69, 9.17) is 17.4 Å². The minimum atomic E-state index is -3.44. The Morgan fingerprint density at radius 2 is 2.00 bits per heavy atom. The van der Waals surface area contributed by atoms with E-state index >= 15 is 0 Å². The predicted molar refractivity (Wildman–Crippen MR) is 57.7 cm³/mol. The van der Waals surface area contributed by atoms with Gasteiger partial charge in [-0.05, 0) is 24.6 Å². The van der Waals surface area contributed by atoms with Crippen molar-refractivity contribution in [1.29, 1.82) is 0 Å². The van der Waals surface area contributed by atoms with Gasteiger partial charge in [0.05, 0.1) is 11.9 Å². The zero-order chi connectivity index (χ0) is 10.9. The second-order valence-electron chi connectivity index (χ2n) is 2.94. The molecule has 0 amide bonds. The second-order valence-corrected chi connectivity index (χ2v) is 5.21. The topological polar surface area (TPSA) is 63.4 Å². The summed E-state index contributed by atoms with van der Waals surface area (Å²) >= 11 is 5.83. The van der Waals surface area contributed by atoms with E-state index in [-0.39, 0.29) is 0 Å². The Labute approximate surface area is 88.3 Å². The smallest absolute Gasteiger partial charge is 0.233 e. The average molecular weight is 235 g/mol. The summed E-state index contributed by atoms with van der Waals surface area (Å²) in [7, 11) is -3.44. The molecule has 6 heteroatoms. The highest BCUT2D eigenvalue weighted by Crippen LogP contribution is 2.25. The Balaban J connectivity index is 3.28. The predicted octanol–water partition coefficient (Wildman–Crippen LogP) is 1.29. The number of benzene rings is 1. The summed E-state index contributed by atoms with van der Waals surface area (Å²) in [5.41, 5.74) is 1.03. The molecule has 0 saturated heterocycles. The number of sulfonamides is 1. The quantitative estimate of drug-likeness (QED) is 0.620. The Kier molecular flexibility index (Phi) is 3.04. The van der Waals surface area contributed by atoms with Crippen LogP contribution in [0.4, 0.5) is 5.69 Å². The Morgan fingerprint density at radius 3 is 2.50 bits per heavy atom. The Bertz CT molecular complexity index is 445. The highest BCUT2D eigenvalue weighted by Gasteiger charge is 2.15.